The van der Waals surface area contributed by atoms with Crippen molar-refractivity contribution in [3.05, 3.63) is 0 Å². The van der Waals surface area contributed by atoms with Gasteiger partial charge in [0.25, 0.3) is 0 Å². The SMILES string of the molecule is C[C@@H]1CC(CN(C)C(=O)C(C)(C)C)OC2[C@H]1[C@@]1(C)CC[C@@]34C[C@@]35CCC(O)C(C)(C)[C@@H]5CCC4[C@]1(C)[C@H]2O. The average molecular weight is 530 g/mol. The van der Waals surface area contributed by atoms with Gasteiger partial charge in [0.2, 0.25) is 5.91 Å². The molecule has 2 spiro atoms. The second kappa shape index (κ2) is 8.00. The summed E-state index contributed by atoms with van der Waals surface area (Å²) >= 11 is 0. The molecule has 5 aliphatic carbocycles. The number of carbonyl (C=O) groups is 1. The van der Waals surface area contributed by atoms with Crippen LogP contribution in [0.15, 0.2) is 0 Å². The number of aliphatic hydroxyl groups excluding tert-OH is 2. The highest BCUT2D eigenvalue weighted by Gasteiger charge is 2.84. The molecule has 1 saturated heterocycles. The van der Waals surface area contributed by atoms with E-state index in [0.29, 0.717) is 41.0 Å². The minimum atomic E-state index is -0.468. The Balaban J connectivity index is 1.29. The summed E-state index contributed by atoms with van der Waals surface area (Å²) in [6.45, 7) is 18.5. The third kappa shape index (κ3) is 3.13. The number of ether oxygens (including phenoxy) is 1. The zero-order chi connectivity index (χ0) is 27.8. The molecule has 1 heterocycles. The van der Waals surface area contributed by atoms with Gasteiger partial charge in [-0.1, -0.05) is 55.4 Å². The standard InChI is InChI=1S/C33H55NO4/c1-19-16-20(17-34(9)27(37)28(2,3)4)38-25-24(19)30(7)14-15-33-18-32(33)13-12-23(35)29(5,6)21(32)10-11-22(33)31(30,8)26(25)36/h19-26,35-36H,10-18H2,1-9H3/t19-,20?,21+,22?,23?,24+,25?,26+,30-,31-,32-,33+/m1/s1. The first-order valence-electron chi connectivity index (χ1n) is 15.7. The van der Waals surface area contributed by atoms with E-state index in [1.807, 2.05) is 32.7 Å². The molecule has 216 valence electrons. The van der Waals surface area contributed by atoms with Crippen molar-refractivity contribution >= 4 is 5.91 Å². The van der Waals surface area contributed by atoms with Crippen LogP contribution in [0.2, 0.25) is 0 Å². The Hall–Kier alpha value is -0.650. The summed E-state index contributed by atoms with van der Waals surface area (Å²) in [4.78, 5) is 14.7. The van der Waals surface area contributed by atoms with Crippen molar-refractivity contribution in [2.75, 3.05) is 13.6 Å². The summed E-state index contributed by atoms with van der Waals surface area (Å²) in [7, 11) is 1.90. The molecule has 6 aliphatic rings. The largest absolute Gasteiger partial charge is 0.393 e. The lowest BCUT2D eigenvalue weighted by Crippen LogP contribution is -2.59. The number of likely N-dealkylation sites (N-methyl/N-ethyl adjacent to an activating group) is 1. The fraction of sp³-hybridized carbons (Fsp3) is 0.970. The van der Waals surface area contributed by atoms with Gasteiger partial charge in [0.15, 0.2) is 0 Å². The molecule has 38 heavy (non-hydrogen) atoms. The van der Waals surface area contributed by atoms with Crippen molar-refractivity contribution in [1.82, 2.24) is 4.90 Å². The van der Waals surface area contributed by atoms with E-state index in [-0.39, 0.29) is 40.5 Å². The fourth-order valence-corrected chi connectivity index (χ4v) is 12.5. The van der Waals surface area contributed by atoms with Crippen LogP contribution in [-0.2, 0) is 9.53 Å². The van der Waals surface area contributed by atoms with Gasteiger partial charge in [0, 0.05) is 24.4 Å². The molecule has 2 N–H and O–H groups in total. The Morgan fingerprint density at radius 3 is 2.26 bits per heavy atom. The average Bonchev–Trinajstić information content (AvgIpc) is 3.45. The first-order chi connectivity index (χ1) is 17.5. The van der Waals surface area contributed by atoms with Gasteiger partial charge >= 0.3 is 0 Å². The Morgan fingerprint density at radius 1 is 0.974 bits per heavy atom. The molecule has 1 aliphatic heterocycles. The summed E-state index contributed by atoms with van der Waals surface area (Å²) in [5, 5.41) is 23.3. The van der Waals surface area contributed by atoms with Crippen molar-refractivity contribution in [3.63, 3.8) is 0 Å². The summed E-state index contributed by atoms with van der Waals surface area (Å²) in [5.41, 5.74) is 0.172. The second-order valence-corrected chi connectivity index (χ2v) is 17.1. The van der Waals surface area contributed by atoms with E-state index in [1.165, 1.54) is 32.1 Å². The monoisotopic (exact) mass is 529 g/mol. The van der Waals surface area contributed by atoms with Crippen LogP contribution >= 0.6 is 0 Å². The number of aliphatic hydroxyl groups is 2. The van der Waals surface area contributed by atoms with Crippen molar-refractivity contribution in [2.45, 2.75) is 131 Å². The molecular weight excluding hydrogens is 474 g/mol. The summed E-state index contributed by atoms with van der Waals surface area (Å²) in [5.74, 6) is 2.08. The molecular formula is C33H55NO4. The minimum absolute atomic E-state index is 0.0159. The van der Waals surface area contributed by atoms with Crippen LogP contribution in [0.1, 0.15) is 107 Å². The number of carbonyl (C=O) groups excluding carboxylic acids is 1. The van der Waals surface area contributed by atoms with Gasteiger partial charge in [-0.2, -0.15) is 0 Å². The van der Waals surface area contributed by atoms with Crippen LogP contribution in [0.4, 0.5) is 0 Å². The minimum Gasteiger partial charge on any atom is -0.393 e. The maximum atomic E-state index is 12.9. The number of rotatable bonds is 2. The van der Waals surface area contributed by atoms with Gasteiger partial charge in [-0.15, -0.1) is 0 Å². The molecule has 6 rings (SSSR count). The Bertz CT molecular complexity index is 1000. The Kier molecular flexibility index (Phi) is 5.79. The maximum absolute atomic E-state index is 12.9. The van der Waals surface area contributed by atoms with E-state index < -0.39 is 11.5 Å². The molecule has 4 unspecified atom stereocenters. The molecule has 1 amide bonds. The molecule has 0 radical (unpaired) electrons. The first kappa shape index (κ1) is 27.5. The maximum Gasteiger partial charge on any atom is 0.227 e. The van der Waals surface area contributed by atoms with Crippen LogP contribution in [-0.4, -0.2) is 59.0 Å². The third-order valence-corrected chi connectivity index (χ3v) is 14.3. The first-order valence-corrected chi connectivity index (χ1v) is 15.7. The predicted octanol–water partition coefficient (Wildman–Crippen LogP) is 5.67. The van der Waals surface area contributed by atoms with Crippen molar-refractivity contribution in [1.29, 1.82) is 0 Å². The number of amides is 1. The van der Waals surface area contributed by atoms with Crippen LogP contribution < -0.4 is 0 Å². The highest BCUT2D eigenvalue weighted by molar-refractivity contribution is 5.81. The molecule has 12 atom stereocenters. The van der Waals surface area contributed by atoms with Crippen molar-refractivity contribution in [3.8, 4) is 0 Å². The number of fused-ring (bicyclic) bond motifs is 4. The van der Waals surface area contributed by atoms with Crippen LogP contribution in [0, 0.1) is 56.2 Å². The Morgan fingerprint density at radius 2 is 1.61 bits per heavy atom. The smallest absolute Gasteiger partial charge is 0.227 e. The van der Waals surface area contributed by atoms with E-state index in [9.17, 15) is 15.0 Å². The molecule has 6 fully saturated rings. The van der Waals surface area contributed by atoms with E-state index >= 15 is 0 Å². The highest BCUT2D eigenvalue weighted by Crippen LogP contribution is 2.89. The van der Waals surface area contributed by atoms with Gasteiger partial charge in [0.1, 0.15) is 0 Å². The zero-order valence-corrected chi connectivity index (χ0v) is 25.6. The number of hydrogen-bond acceptors (Lipinski definition) is 4. The van der Waals surface area contributed by atoms with E-state index in [0.717, 1.165) is 19.3 Å². The topological polar surface area (TPSA) is 70.0 Å². The van der Waals surface area contributed by atoms with E-state index in [2.05, 4.69) is 34.6 Å². The van der Waals surface area contributed by atoms with Gasteiger partial charge < -0.3 is 19.8 Å². The van der Waals surface area contributed by atoms with Gasteiger partial charge in [-0.25, -0.2) is 0 Å². The Labute approximate surface area is 231 Å². The molecule has 0 aromatic carbocycles. The molecule has 5 saturated carbocycles. The van der Waals surface area contributed by atoms with Crippen molar-refractivity contribution in [2.24, 2.45) is 56.2 Å². The van der Waals surface area contributed by atoms with Crippen LogP contribution in [0.3, 0.4) is 0 Å². The summed E-state index contributed by atoms with van der Waals surface area (Å²) in [6.07, 6.45) is 8.34. The number of nitrogens with zero attached hydrogens (tertiary/aromatic N) is 1. The molecule has 0 aromatic rings. The van der Waals surface area contributed by atoms with Crippen molar-refractivity contribution < 1.29 is 19.7 Å². The summed E-state index contributed by atoms with van der Waals surface area (Å²) in [6, 6.07) is 0. The normalized spacial score (nSPS) is 54.6. The zero-order valence-electron chi connectivity index (χ0n) is 25.6. The lowest BCUT2D eigenvalue weighted by Gasteiger charge is -2.63. The fourth-order valence-electron chi connectivity index (χ4n) is 12.5. The van der Waals surface area contributed by atoms with Gasteiger partial charge in [-0.05, 0) is 96.7 Å². The third-order valence-electron chi connectivity index (χ3n) is 14.3. The molecule has 5 heteroatoms. The highest BCUT2D eigenvalue weighted by atomic mass is 16.5. The molecule has 0 bridgehead atoms. The lowest BCUT2D eigenvalue weighted by atomic mass is 9.41. The molecule has 0 aromatic heterocycles. The second-order valence-electron chi connectivity index (χ2n) is 17.1. The number of hydrogen-bond donors (Lipinski definition) is 2. The predicted molar refractivity (Wildman–Crippen MR) is 149 cm³/mol. The van der Waals surface area contributed by atoms with Gasteiger partial charge in [0.05, 0.1) is 24.4 Å². The van der Waals surface area contributed by atoms with Crippen LogP contribution in [0.5, 0.6) is 0 Å². The molecule has 5 nitrogen and oxygen atoms in total. The van der Waals surface area contributed by atoms with E-state index in [1.54, 1.807) is 0 Å². The van der Waals surface area contributed by atoms with E-state index in [4.69, 9.17) is 4.74 Å². The quantitative estimate of drug-likeness (QED) is 0.484. The summed E-state index contributed by atoms with van der Waals surface area (Å²) < 4.78 is 6.85. The van der Waals surface area contributed by atoms with Gasteiger partial charge in [-0.3, -0.25) is 4.79 Å². The lowest BCUT2D eigenvalue weighted by molar-refractivity contribution is -0.182. The van der Waals surface area contributed by atoms with Crippen LogP contribution in [0.25, 0.3) is 0 Å².